The third-order valence-electron chi connectivity index (χ3n) is 10.7. The quantitative estimate of drug-likeness (QED) is 0.0244. The lowest BCUT2D eigenvalue weighted by Crippen LogP contribution is -2.45. The van der Waals surface area contributed by atoms with E-state index in [1.165, 1.54) is 103 Å². The Kier molecular flexibility index (Phi) is 41.7. The van der Waals surface area contributed by atoms with E-state index in [4.69, 9.17) is 9.05 Å². The number of nitrogens with one attached hydrogen (secondary N) is 1. The molecule has 0 aliphatic rings. The Bertz CT molecular complexity index is 1220. The zero-order valence-electron chi connectivity index (χ0n) is 40.1. The summed E-state index contributed by atoms with van der Waals surface area (Å²) in [6.07, 6.45) is 58.4. The number of likely N-dealkylation sites (N-methyl/N-ethyl adjacent to an activating group) is 1. The number of unbranched alkanes of at least 4 members (excludes halogenated alkanes) is 21. The van der Waals surface area contributed by atoms with Gasteiger partial charge < -0.3 is 19.8 Å². The molecular formula is C52H96N2O6P+. The van der Waals surface area contributed by atoms with E-state index in [-0.39, 0.29) is 19.1 Å². The molecule has 0 aromatic carbocycles. The van der Waals surface area contributed by atoms with Gasteiger partial charge in [0.2, 0.25) is 5.91 Å². The Labute approximate surface area is 376 Å². The minimum absolute atomic E-state index is 0.0497. The van der Waals surface area contributed by atoms with E-state index >= 15 is 0 Å². The van der Waals surface area contributed by atoms with Gasteiger partial charge in [0.1, 0.15) is 13.2 Å². The Morgan fingerprint density at radius 1 is 0.574 bits per heavy atom. The number of phosphoric ester groups is 1. The fourth-order valence-corrected chi connectivity index (χ4v) is 7.49. The normalized spacial score (nSPS) is 14.8. The number of quaternary nitrogens is 1. The summed E-state index contributed by atoms with van der Waals surface area (Å²) in [4.78, 5) is 23.2. The minimum Gasteiger partial charge on any atom is -0.387 e. The van der Waals surface area contributed by atoms with Gasteiger partial charge in [-0.25, -0.2) is 4.57 Å². The lowest BCUT2D eigenvalue weighted by atomic mass is 10.0. The second-order valence-corrected chi connectivity index (χ2v) is 19.3. The van der Waals surface area contributed by atoms with Crippen LogP contribution in [0.1, 0.15) is 200 Å². The predicted molar refractivity (Wildman–Crippen MR) is 263 cm³/mol. The fourth-order valence-electron chi connectivity index (χ4n) is 6.75. The molecule has 0 aromatic rings. The number of hydrogen-bond acceptors (Lipinski definition) is 5. The lowest BCUT2D eigenvalue weighted by molar-refractivity contribution is -0.870. The molecule has 0 bridgehead atoms. The first kappa shape index (κ1) is 58.9. The standard InChI is InChI=1S/C52H95N2O6P/c1-6-8-10-12-14-16-18-20-22-24-26-28-29-31-33-35-37-39-41-43-45-51(55)50(49-60-61(57,58)59-48-47-54(3,4)5)53-52(56)46-44-42-40-38-36-34-32-30-27-25-23-21-19-17-15-13-11-9-7-2/h9,11,15,17,21,23,27,30,35,37,43,45,50-51,55H,6-8,10,12-14,16,18-20,22,24-26,28-29,31-34,36,38-42,44,46-49H2,1-5H3,(H-,53,56,57,58)/p+1/b11-9-,17-15-,23-21-,30-27-,37-35+,45-43+. The highest BCUT2D eigenvalue weighted by Crippen LogP contribution is 2.43. The van der Waals surface area contributed by atoms with Crippen molar-refractivity contribution in [1.82, 2.24) is 5.32 Å². The van der Waals surface area contributed by atoms with Crippen LogP contribution < -0.4 is 5.32 Å². The Morgan fingerprint density at radius 3 is 1.51 bits per heavy atom. The van der Waals surface area contributed by atoms with Gasteiger partial charge in [0, 0.05) is 6.42 Å². The van der Waals surface area contributed by atoms with Gasteiger partial charge in [-0.1, -0.05) is 196 Å². The molecule has 0 radical (unpaired) electrons. The van der Waals surface area contributed by atoms with Crippen molar-refractivity contribution in [3.8, 4) is 0 Å². The molecule has 3 atom stereocenters. The molecule has 0 fully saturated rings. The van der Waals surface area contributed by atoms with Gasteiger partial charge in [0.25, 0.3) is 0 Å². The van der Waals surface area contributed by atoms with Crippen molar-refractivity contribution in [2.24, 2.45) is 0 Å². The van der Waals surface area contributed by atoms with E-state index in [0.717, 1.165) is 77.0 Å². The van der Waals surface area contributed by atoms with Crippen LogP contribution >= 0.6 is 7.82 Å². The zero-order chi connectivity index (χ0) is 45.0. The molecule has 3 N–H and O–H groups in total. The number of aliphatic hydroxyl groups is 1. The van der Waals surface area contributed by atoms with Crippen molar-refractivity contribution in [3.63, 3.8) is 0 Å². The van der Waals surface area contributed by atoms with Crippen LogP contribution in [0.4, 0.5) is 0 Å². The van der Waals surface area contributed by atoms with E-state index in [9.17, 15) is 19.4 Å². The largest absolute Gasteiger partial charge is 0.472 e. The molecule has 0 spiro atoms. The highest BCUT2D eigenvalue weighted by molar-refractivity contribution is 7.47. The minimum atomic E-state index is -4.36. The number of rotatable bonds is 44. The molecule has 8 nitrogen and oxygen atoms in total. The first-order valence-corrected chi connectivity index (χ1v) is 26.3. The maximum Gasteiger partial charge on any atom is 0.472 e. The molecule has 0 saturated heterocycles. The number of aliphatic hydroxyl groups excluding tert-OH is 1. The molecule has 0 rings (SSSR count). The molecule has 1 amide bonds. The van der Waals surface area contributed by atoms with Crippen LogP contribution in [0.25, 0.3) is 0 Å². The summed E-state index contributed by atoms with van der Waals surface area (Å²) in [5, 5.41) is 13.8. The summed E-state index contributed by atoms with van der Waals surface area (Å²) in [6, 6.07) is -0.875. The van der Waals surface area contributed by atoms with Crippen LogP contribution in [-0.4, -0.2) is 73.4 Å². The van der Waals surface area contributed by atoms with Crippen LogP contribution in [0, 0.1) is 0 Å². The number of phosphoric acid groups is 1. The topological polar surface area (TPSA) is 105 Å². The van der Waals surface area contributed by atoms with Gasteiger partial charge in [-0.3, -0.25) is 13.8 Å². The summed E-state index contributed by atoms with van der Waals surface area (Å²) in [7, 11) is 1.53. The van der Waals surface area contributed by atoms with Crippen LogP contribution in [0.15, 0.2) is 72.9 Å². The van der Waals surface area contributed by atoms with Crippen molar-refractivity contribution in [1.29, 1.82) is 0 Å². The highest BCUT2D eigenvalue weighted by Gasteiger charge is 2.27. The highest BCUT2D eigenvalue weighted by atomic mass is 31.2. The Balaban J connectivity index is 4.43. The molecular weight excluding hydrogens is 780 g/mol. The summed E-state index contributed by atoms with van der Waals surface area (Å²) < 4.78 is 23.6. The SMILES string of the molecule is CC/C=C\C/C=C\C/C=C\C/C=C\CCCCCCCCC(=O)NC(COP(=O)(O)OCC[N+](C)(C)C)C(O)/C=C/CC/C=C/CCCCCCCCCCCCCCCC. The number of allylic oxidation sites excluding steroid dienone is 11. The molecule has 354 valence electrons. The van der Waals surface area contributed by atoms with Gasteiger partial charge in [-0.15, -0.1) is 0 Å². The summed E-state index contributed by atoms with van der Waals surface area (Å²) in [5.74, 6) is -0.203. The van der Waals surface area contributed by atoms with Crippen molar-refractivity contribution in [2.75, 3.05) is 40.9 Å². The van der Waals surface area contributed by atoms with Crippen LogP contribution in [-0.2, 0) is 18.4 Å². The fraction of sp³-hybridized carbons (Fsp3) is 0.750. The van der Waals surface area contributed by atoms with Gasteiger partial charge in [0.05, 0.1) is 39.9 Å². The maximum atomic E-state index is 12.9. The van der Waals surface area contributed by atoms with Crippen LogP contribution in [0.2, 0.25) is 0 Å². The number of nitrogens with zero attached hydrogens (tertiary/aromatic N) is 1. The first-order valence-electron chi connectivity index (χ1n) is 24.8. The monoisotopic (exact) mass is 876 g/mol. The summed E-state index contributed by atoms with van der Waals surface area (Å²) >= 11 is 0. The average Bonchev–Trinajstić information content (AvgIpc) is 3.21. The molecule has 61 heavy (non-hydrogen) atoms. The smallest absolute Gasteiger partial charge is 0.387 e. The van der Waals surface area contributed by atoms with E-state index in [1.807, 2.05) is 27.2 Å². The molecule has 0 aliphatic heterocycles. The number of hydrogen-bond donors (Lipinski definition) is 3. The summed E-state index contributed by atoms with van der Waals surface area (Å²) in [6.45, 7) is 4.67. The van der Waals surface area contributed by atoms with Crippen molar-refractivity contribution in [3.05, 3.63) is 72.9 Å². The van der Waals surface area contributed by atoms with Crippen molar-refractivity contribution in [2.45, 2.75) is 212 Å². The first-order chi connectivity index (χ1) is 29.5. The molecule has 0 saturated carbocycles. The second-order valence-electron chi connectivity index (χ2n) is 17.8. The molecule has 0 aromatic heterocycles. The van der Waals surface area contributed by atoms with Crippen molar-refractivity contribution < 1.29 is 32.9 Å². The molecule has 0 aliphatic carbocycles. The van der Waals surface area contributed by atoms with Crippen LogP contribution in [0.3, 0.4) is 0 Å². The van der Waals surface area contributed by atoms with Gasteiger partial charge >= 0.3 is 7.82 Å². The number of carbonyl (C=O) groups excluding carboxylic acids is 1. The van der Waals surface area contributed by atoms with Gasteiger partial charge in [-0.2, -0.15) is 0 Å². The Hall–Kier alpha value is -2.06. The predicted octanol–water partition coefficient (Wildman–Crippen LogP) is 14.4. The van der Waals surface area contributed by atoms with E-state index in [0.29, 0.717) is 17.4 Å². The average molecular weight is 876 g/mol. The van der Waals surface area contributed by atoms with Crippen molar-refractivity contribution >= 4 is 13.7 Å². The number of amides is 1. The van der Waals surface area contributed by atoms with Gasteiger partial charge in [-0.05, 0) is 70.6 Å². The van der Waals surface area contributed by atoms with E-state index in [1.54, 1.807) is 6.08 Å². The third kappa shape index (κ3) is 45.8. The van der Waals surface area contributed by atoms with E-state index < -0.39 is 20.0 Å². The lowest BCUT2D eigenvalue weighted by Gasteiger charge is -2.25. The van der Waals surface area contributed by atoms with Crippen LogP contribution in [0.5, 0.6) is 0 Å². The second kappa shape index (κ2) is 43.2. The molecule has 3 unspecified atom stereocenters. The van der Waals surface area contributed by atoms with Gasteiger partial charge in [0.15, 0.2) is 0 Å². The van der Waals surface area contributed by atoms with E-state index in [2.05, 4.69) is 79.9 Å². The third-order valence-corrected chi connectivity index (χ3v) is 11.6. The Morgan fingerprint density at radius 2 is 1.00 bits per heavy atom. The maximum absolute atomic E-state index is 12.9. The summed E-state index contributed by atoms with van der Waals surface area (Å²) in [5.41, 5.74) is 0. The molecule has 0 heterocycles. The molecule has 9 heteroatoms. The number of carbonyl (C=O) groups is 1. The zero-order valence-corrected chi connectivity index (χ0v) is 41.0.